The molecule has 1 unspecified atom stereocenters. The molecule has 0 aliphatic carbocycles. The van der Waals surface area contributed by atoms with E-state index in [1.165, 1.54) is 12.1 Å². The van der Waals surface area contributed by atoms with Crippen LogP contribution in [0.5, 0.6) is 5.75 Å². The number of aromatic nitrogens is 2. The van der Waals surface area contributed by atoms with Crippen molar-refractivity contribution in [3.8, 4) is 17.2 Å². The SMILES string of the molecule is CC1(C)CC(c2noc(-c3ccc(O)cc3F)n2)CCO1. The highest BCUT2D eigenvalue weighted by molar-refractivity contribution is 5.55. The molecule has 5 nitrogen and oxygen atoms in total. The Labute approximate surface area is 121 Å². The number of phenols is 1. The number of phenolic OH excluding ortho intramolecular Hbond substituents is 1. The van der Waals surface area contributed by atoms with Crippen LogP contribution in [0.4, 0.5) is 4.39 Å². The van der Waals surface area contributed by atoms with Gasteiger partial charge in [-0.15, -0.1) is 0 Å². The summed E-state index contributed by atoms with van der Waals surface area (Å²) in [6.45, 7) is 4.70. The molecule has 6 heteroatoms. The third-order valence-electron chi connectivity index (χ3n) is 3.69. The maximum Gasteiger partial charge on any atom is 0.260 e. The Bertz CT molecular complexity index is 654. The van der Waals surface area contributed by atoms with E-state index in [1.54, 1.807) is 0 Å². The highest BCUT2D eigenvalue weighted by Crippen LogP contribution is 2.35. The van der Waals surface area contributed by atoms with Crippen molar-refractivity contribution in [2.45, 2.75) is 38.2 Å². The summed E-state index contributed by atoms with van der Waals surface area (Å²) in [5, 5.41) is 13.2. The third kappa shape index (κ3) is 2.90. The topological polar surface area (TPSA) is 68.4 Å². The van der Waals surface area contributed by atoms with Gasteiger partial charge < -0.3 is 14.4 Å². The molecule has 0 bridgehead atoms. The van der Waals surface area contributed by atoms with Crippen LogP contribution in [0.15, 0.2) is 22.7 Å². The van der Waals surface area contributed by atoms with Gasteiger partial charge in [-0.2, -0.15) is 4.98 Å². The first-order valence-corrected chi connectivity index (χ1v) is 6.91. The fourth-order valence-electron chi connectivity index (χ4n) is 2.64. The number of benzene rings is 1. The molecule has 0 spiro atoms. The zero-order valence-electron chi connectivity index (χ0n) is 12.0. The molecule has 0 saturated carbocycles. The predicted octanol–water partition coefficient (Wildman–Crippen LogP) is 3.25. The first-order valence-electron chi connectivity index (χ1n) is 6.91. The predicted molar refractivity (Wildman–Crippen MR) is 73.4 cm³/mol. The van der Waals surface area contributed by atoms with E-state index in [1.807, 2.05) is 13.8 Å². The maximum atomic E-state index is 13.8. The van der Waals surface area contributed by atoms with E-state index in [4.69, 9.17) is 9.26 Å². The lowest BCUT2D eigenvalue weighted by atomic mass is 9.88. The lowest BCUT2D eigenvalue weighted by molar-refractivity contribution is -0.0604. The Morgan fingerprint density at radius 3 is 2.90 bits per heavy atom. The second-order valence-corrected chi connectivity index (χ2v) is 5.92. The fraction of sp³-hybridized carbons (Fsp3) is 0.467. The Hall–Kier alpha value is -1.95. The average Bonchev–Trinajstić information content (AvgIpc) is 2.87. The maximum absolute atomic E-state index is 13.8. The van der Waals surface area contributed by atoms with E-state index in [0.29, 0.717) is 12.4 Å². The molecule has 1 saturated heterocycles. The average molecular weight is 292 g/mol. The van der Waals surface area contributed by atoms with Crippen LogP contribution in [0.2, 0.25) is 0 Å². The molecule has 0 radical (unpaired) electrons. The molecule has 1 aliphatic heterocycles. The minimum atomic E-state index is -0.586. The molecule has 1 N–H and O–H groups in total. The molecule has 1 fully saturated rings. The largest absolute Gasteiger partial charge is 0.508 e. The van der Waals surface area contributed by atoms with Crippen LogP contribution in [-0.4, -0.2) is 27.5 Å². The lowest BCUT2D eigenvalue weighted by Crippen LogP contribution is -2.33. The van der Waals surface area contributed by atoms with Gasteiger partial charge >= 0.3 is 0 Å². The van der Waals surface area contributed by atoms with Crippen LogP contribution in [0.3, 0.4) is 0 Å². The number of hydrogen-bond donors (Lipinski definition) is 1. The summed E-state index contributed by atoms with van der Waals surface area (Å²) < 4.78 is 24.6. The summed E-state index contributed by atoms with van der Waals surface area (Å²) >= 11 is 0. The molecular formula is C15H17FN2O3. The van der Waals surface area contributed by atoms with E-state index in [-0.39, 0.29) is 28.7 Å². The van der Waals surface area contributed by atoms with E-state index in [9.17, 15) is 9.50 Å². The summed E-state index contributed by atoms with van der Waals surface area (Å²) in [5.74, 6) is 0.131. The van der Waals surface area contributed by atoms with Gasteiger partial charge in [-0.1, -0.05) is 5.16 Å². The van der Waals surface area contributed by atoms with Crippen molar-refractivity contribution in [1.82, 2.24) is 10.1 Å². The van der Waals surface area contributed by atoms with Gasteiger partial charge in [-0.25, -0.2) is 4.39 Å². The van der Waals surface area contributed by atoms with Crippen LogP contribution in [0, 0.1) is 5.82 Å². The Balaban J connectivity index is 1.86. The smallest absolute Gasteiger partial charge is 0.260 e. The van der Waals surface area contributed by atoms with Crippen LogP contribution in [0.25, 0.3) is 11.5 Å². The summed E-state index contributed by atoms with van der Waals surface area (Å²) in [5.41, 5.74) is -0.0223. The van der Waals surface area contributed by atoms with Crippen LogP contribution >= 0.6 is 0 Å². The molecule has 2 aromatic rings. The van der Waals surface area contributed by atoms with Crippen molar-refractivity contribution in [3.05, 3.63) is 29.8 Å². The van der Waals surface area contributed by atoms with Crippen LogP contribution in [0.1, 0.15) is 38.4 Å². The summed E-state index contributed by atoms with van der Waals surface area (Å²) in [4.78, 5) is 4.31. The van der Waals surface area contributed by atoms with Crippen molar-refractivity contribution in [3.63, 3.8) is 0 Å². The molecule has 1 atom stereocenters. The van der Waals surface area contributed by atoms with Gasteiger partial charge in [-0.3, -0.25) is 0 Å². The van der Waals surface area contributed by atoms with Crippen LogP contribution < -0.4 is 0 Å². The Morgan fingerprint density at radius 2 is 2.19 bits per heavy atom. The molecule has 0 amide bonds. The van der Waals surface area contributed by atoms with E-state index < -0.39 is 5.82 Å². The Kier molecular flexibility index (Phi) is 3.41. The van der Waals surface area contributed by atoms with E-state index in [2.05, 4.69) is 10.1 Å². The standard InChI is InChI=1S/C15H17FN2O3/c1-15(2)8-9(5-6-20-15)13-17-14(21-18-13)11-4-3-10(19)7-12(11)16/h3-4,7,9,19H,5-6,8H2,1-2H3. The van der Waals surface area contributed by atoms with Crippen LogP contribution in [-0.2, 0) is 4.74 Å². The molecule has 21 heavy (non-hydrogen) atoms. The quantitative estimate of drug-likeness (QED) is 0.920. The van der Waals surface area contributed by atoms with Gasteiger partial charge in [-0.05, 0) is 38.8 Å². The first kappa shape index (κ1) is 14.0. The van der Waals surface area contributed by atoms with Gasteiger partial charge in [0.2, 0.25) is 0 Å². The zero-order chi connectivity index (χ0) is 15.0. The highest BCUT2D eigenvalue weighted by Gasteiger charge is 2.32. The van der Waals surface area contributed by atoms with Gasteiger partial charge in [0, 0.05) is 18.6 Å². The molecule has 112 valence electrons. The van der Waals surface area contributed by atoms with Crippen molar-refractivity contribution in [1.29, 1.82) is 0 Å². The van der Waals surface area contributed by atoms with Gasteiger partial charge in [0.25, 0.3) is 5.89 Å². The number of nitrogens with zero attached hydrogens (tertiary/aromatic N) is 2. The highest BCUT2D eigenvalue weighted by atomic mass is 19.1. The minimum absolute atomic E-state index is 0.131. The van der Waals surface area contributed by atoms with Crippen molar-refractivity contribution >= 4 is 0 Å². The van der Waals surface area contributed by atoms with Crippen molar-refractivity contribution in [2.75, 3.05) is 6.61 Å². The molecular weight excluding hydrogens is 275 g/mol. The molecule has 1 aromatic carbocycles. The summed E-state index contributed by atoms with van der Waals surface area (Å²) in [6, 6.07) is 3.84. The number of aromatic hydroxyl groups is 1. The summed E-state index contributed by atoms with van der Waals surface area (Å²) in [7, 11) is 0. The Morgan fingerprint density at radius 1 is 1.38 bits per heavy atom. The lowest BCUT2D eigenvalue weighted by Gasteiger charge is -2.34. The minimum Gasteiger partial charge on any atom is -0.508 e. The number of ether oxygens (including phenoxy) is 1. The number of halogens is 1. The van der Waals surface area contributed by atoms with Crippen molar-refractivity contribution in [2.24, 2.45) is 0 Å². The third-order valence-corrected chi connectivity index (χ3v) is 3.69. The monoisotopic (exact) mass is 292 g/mol. The van der Waals surface area contributed by atoms with Gasteiger partial charge in [0.15, 0.2) is 5.82 Å². The summed E-state index contributed by atoms with van der Waals surface area (Å²) in [6.07, 6.45) is 1.62. The normalized spacial score (nSPS) is 21.4. The zero-order valence-corrected chi connectivity index (χ0v) is 12.0. The fourth-order valence-corrected chi connectivity index (χ4v) is 2.64. The second kappa shape index (κ2) is 5.11. The van der Waals surface area contributed by atoms with Gasteiger partial charge in [0.1, 0.15) is 11.6 Å². The second-order valence-electron chi connectivity index (χ2n) is 5.92. The molecule has 2 heterocycles. The molecule has 1 aliphatic rings. The molecule has 3 rings (SSSR count). The number of rotatable bonds is 2. The molecule has 1 aromatic heterocycles. The van der Waals surface area contributed by atoms with Crippen molar-refractivity contribution < 1.29 is 18.8 Å². The van der Waals surface area contributed by atoms with E-state index >= 15 is 0 Å². The number of hydrogen-bond acceptors (Lipinski definition) is 5. The van der Waals surface area contributed by atoms with E-state index in [0.717, 1.165) is 18.9 Å². The van der Waals surface area contributed by atoms with Gasteiger partial charge in [0.05, 0.1) is 11.2 Å². The first-order chi connectivity index (χ1) is 9.94.